The quantitative estimate of drug-likeness (QED) is 0.272. The molecule has 2 nitrogen and oxygen atoms in total. The molecule has 3 rings (SSSR count). The molecule has 0 fully saturated rings. The van der Waals surface area contributed by atoms with Gasteiger partial charge in [0.25, 0.3) is 0 Å². The molecule has 6 heteroatoms. The summed E-state index contributed by atoms with van der Waals surface area (Å²) < 4.78 is 0. The number of carbonyl (C=O) groups is 2. The lowest BCUT2D eigenvalue weighted by molar-refractivity contribution is 0.0741. The molecule has 1 aromatic rings. The highest BCUT2D eigenvalue weighted by Gasteiger charge is 2.54. The zero-order chi connectivity index (χ0) is 14.7. The van der Waals surface area contributed by atoms with Gasteiger partial charge in [-0.15, -0.1) is 0 Å². The number of ketones is 2. The fourth-order valence-corrected chi connectivity index (χ4v) is 3.88. The van der Waals surface area contributed by atoms with Crippen LogP contribution in [-0.2, 0) is 0 Å². The second-order valence-electron chi connectivity index (χ2n) is 4.93. The largest absolute Gasteiger partial charge is 0.293 e. The molecule has 2 aliphatic rings. The molecule has 0 aliphatic heterocycles. The van der Waals surface area contributed by atoms with Crippen molar-refractivity contribution in [2.24, 2.45) is 5.41 Å². The number of Topliss-reactive ketones (excluding diaryl/α,β-unsaturated/α-hetero) is 2. The van der Waals surface area contributed by atoms with Crippen molar-refractivity contribution in [3.63, 3.8) is 0 Å². The monoisotopic (exact) mass is 348 g/mol. The number of allylic oxidation sites excluding steroid dienone is 2. The minimum Gasteiger partial charge on any atom is -0.293 e. The first-order chi connectivity index (χ1) is 9.42. The molecule has 2 aliphatic carbocycles. The molecule has 0 unspecified atom stereocenters. The average Bonchev–Trinajstić information content (AvgIpc) is 2.66. The lowest BCUT2D eigenvalue weighted by Gasteiger charge is -2.24. The van der Waals surface area contributed by atoms with Crippen LogP contribution in [0.25, 0.3) is 0 Å². The maximum Gasteiger partial charge on any atom is 0.182 e. The summed E-state index contributed by atoms with van der Waals surface area (Å²) in [5, 5.41) is 0.0284. The summed E-state index contributed by atoms with van der Waals surface area (Å²) in [7, 11) is 0. The van der Waals surface area contributed by atoms with Crippen molar-refractivity contribution in [1.29, 1.82) is 0 Å². The van der Waals surface area contributed by atoms with E-state index in [2.05, 4.69) is 0 Å². The minimum absolute atomic E-state index is 0.00488. The Morgan fingerprint density at radius 1 is 0.850 bits per heavy atom. The Morgan fingerprint density at radius 3 is 1.75 bits per heavy atom. The second kappa shape index (κ2) is 4.74. The highest BCUT2D eigenvalue weighted by atomic mass is 35.5. The van der Waals surface area contributed by atoms with E-state index in [1.807, 2.05) is 6.08 Å². The van der Waals surface area contributed by atoms with Crippen LogP contribution < -0.4 is 0 Å². The summed E-state index contributed by atoms with van der Waals surface area (Å²) in [4.78, 5) is 25.4. The number of hydrogen-bond donors (Lipinski definition) is 0. The fraction of sp³-hybridized carbons (Fsp3) is 0.286. The third kappa shape index (κ3) is 1.66. The third-order valence-electron chi connectivity index (χ3n) is 3.88. The molecule has 0 bridgehead atoms. The lowest BCUT2D eigenvalue weighted by atomic mass is 9.75. The number of halogens is 4. The molecular weight excluding hydrogens is 342 g/mol. The number of hydrogen-bond acceptors (Lipinski definition) is 2. The van der Waals surface area contributed by atoms with E-state index in [-0.39, 0.29) is 42.8 Å². The zero-order valence-corrected chi connectivity index (χ0v) is 13.1. The first kappa shape index (κ1) is 14.4. The van der Waals surface area contributed by atoms with Crippen LogP contribution in [0.2, 0.25) is 20.1 Å². The van der Waals surface area contributed by atoms with Crippen LogP contribution in [0.1, 0.15) is 40.0 Å². The first-order valence-electron chi connectivity index (χ1n) is 6.05. The predicted molar refractivity (Wildman–Crippen MR) is 80.6 cm³/mol. The summed E-state index contributed by atoms with van der Waals surface area (Å²) >= 11 is 24.2. The van der Waals surface area contributed by atoms with Crippen LogP contribution in [0.4, 0.5) is 0 Å². The summed E-state index contributed by atoms with van der Waals surface area (Å²) in [6, 6.07) is 0. The Bertz CT molecular complexity index is 644. The SMILES string of the molecule is O=C1c2c(Cl)c(Cl)c(Cl)c(Cl)c2C(=O)C12C=CCCC2. The minimum atomic E-state index is -1.18. The van der Waals surface area contributed by atoms with Gasteiger partial charge in [-0.25, -0.2) is 0 Å². The number of benzene rings is 1. The van der Waals surface area contributed by atoms with E-state index in [9.17, 15) is 9.59 Å². The van der Waals surface area contributed by atoms with Gasteiger partial charge < -0.3 is 0 Å². The van der Waals surface area contributed by atoms with Gasteiger partial charge >= 0.3 is 0 Å². The average molecular weight is 350 g/mol. The van der Waals surface area contributed by atoms with Crippen molar-refractivity contribution < 1.29 is 9.59 Å². The highest BCUT2D eigenvalue weighted by Crippen LogP contribution is 2.52. The Kier molecular flexibility index (Phi) is 3.41. The van der Waals surface area contributed by atoms with Crippen LogP contribution in [0.3, 0.4) is 0 Å². The van der Waals surface area contributed by atoms with E-state index >= 15 is 0 Å². The van der Waals surface area contributed by atoms with E-state index < -0.39 is 5.41 Å². The van der Waals surface area contributed by atoms with Crippen LogP contribution in [-0.4, -0.2) is 11.6 Å². The van der Waals surface area contributed by atoms with Gasteiger partial charge in [0.05, 0.1) is 31.2 Å². The van der Waals surface area contributed by atoms with Gasteiger partial charge in [-0.05, 0) is 19.3 Å². The van der Waals surface area contributed by atoms with E-state index in [0.717, 1.165) is 12.8 Å². The first-order valence-corrected chi connectivity index (χ1v) is 7.56. The van der Waals surface area contributed by atoms with Crippen molar-refractivity contribution >= 4 is 58.0 Å². The maximum atomic E-state index is 12.7. The topological polar surface area (TPSA) is 34.1 Å². The summed E-state index contributed by atoms with van der Waals surface area (Å²) in [6.07, 6.45) is 5.57. The highest BCUT2D eigenvalue weighted by molar-refractivity contribution is 6.56. The molecule has 0 aromatic heterocycles. The molecule has 0 N–H and O–H groups in total. The Labute approximate surface area is 135 Å². The molecular formula is C14H8Cl4O2. The van der Waals surface area contributed by atoms with Gasteiger partial charge in [-0.3, -0.25) is 9.59 Å². The Hall–Kier alpha value is -0.540. The summed E-state index contributed by atoms with van der Waals surface area (Å²) in [5.74, 6) is -0.669. The van der Waals surface area contributed by atoms with Crippen LogP contribution in [0.15, 0.2) is 12.2 Å². The zero-order valence-electron chi connectivity index (χ0n) is 10.1. The lowest BCUT2D eigenvalue weighted by Crippen LogP contribution is -2.32. The molecule has 0 heterocycles. The van der Waals surface area contributed by atoms with Crippen molar-refractivity contribution in [3.8, 4) is 0 Å². The van der Waals surface area contributed by atoms with Gasteiger partial charge in [0.1, 0.15) is 5.41 Å². The van der Waals surface area contributed by atoms with Crippen molar-refractivity contribution in [2.45, 2.75) is 19.3 Å². The molecule has 20 heavy (non-hydrogen) atoms. The molecule has 0 saturated carbocycles. The van der Waals surface area contributed by atoms with Crippen LogP contribution in [0, 0.1) is 5.41 Å². The molecule has 0 amide bonds. The second-order valence-corrected chi connectivity index (χ2v) is 6.44. The number of fused-ring (bicyclic) bond motifs is 1. The van der Waals surface area contributed by atoms with Gasteiger partial charge in [-0.2, -0.15) is 0 Å². The standard InChI is InChI=1S/C14H8Cl4O2/c15-8-6-7(9(16)11(18)10(8)17)13(20)14(12(6)19)4-2-1-3-5-14/h2,4H,1,3,5H2. The maximum absolute atomic E-state index is 12.7. The van der Waals surface area contributed by atoms with Crippen molar-refractivity contribution in [1.82, 2.24) is 0 Å². The van der Waals surface area contributed by atoms with Crippen molar-refractivity contribution in [3.05, 3.63) is 43.4 Å². The van der Waals surface area contributed by atoms with Gasteiger partial charge in [0, 0.05) is 0 Å². The van der Waals surface area contributed by atoms with Gasteiger partial charge in [0.2, 0.25) is 0 Å². The smallest absolute Gasteiger partial charge is 0.182 e. The van der Waals surface area contributed by atoms with E-state index in [4.69, 9.17) is 46.4 Å². The normalized spacial score (nSPS) is 19.8. The van der Waals surface area contributed by atoms with Crippen LogP contribution in [0.5, 0.6) is 0 Å². The Balaban J connectivity index is 2.35. The van der Waals surface area contributed by atoms with Crippen LogP contribution >= 0.6 is 46.4 Å². The summed E-state index contributed by atoms with van der Waals surface area (Å²) in [5.41, 5.74) is -0.979. The number of rotatable bonds is 0. The fourth-order valence-electron chi connectivity index (χ4n) is 2.85. The van der Waals surface area contributed by atoms with E-state index in [1.165, 1.54) is 0 Å². The Morgan fingerprint density at radius 2 is 1.35 bits per heavy atom. The third-order valence-corrected chi connectivity index (χ3v) is 5.68. The molecule has 1 aromatic carbocycles. The molecule has 0 radical (unpaired) electrons. The van der Waals surface area contributed by atoms with E-state index in [1.54, 1.807) is 6.08 Å². The predicted octanol–water partition coefficient (Wildman–Crippen LogP) is 5.41. The van der Waals surface area contributed by atoms with Gasteiger partial charge in [-0.1, -0.05) is 58.6 Å². The molecule has 104 valence electrons. The summed E-state index contributed by atoms with van der Waals surface area (Å²) in [6.45, 7) is 0. The van der Waals surface area contributed by atoms with Crippen molar-refractivity contribution in [2.75, 3.05) is 0 Å². The number of carbonyl (C=O) groups excluding carboxylic acids is 2. The van der Waals surface area contributed by atoms with E-state index in [0.29, 0.717) is 6.42 Å². The molecule has 1 spiro atoms. The molecule has 0 saturated heterocycles. The van der Waals surface area contributed by atoms with Gasteiger partial charge in [0.15, 0.2) is 11.6 Å². The molecule has 0 atom stereocenters.